The second-order valence-electron chi connectivity index (χ2n) is 6.32. The van der Waals surface area contributed by atoms with E-state index in [-0.39, 0.29) is 23.8 Å². The van der Waals surface area contributed by atoms with E-state index in [4.69, 9.17) is 0 Å². The van der Waals surface area contributed by atoms with Crippen molar-refractivity contribution in [2.75, 3.05) is 14.1 Å². The fraction of sp³-hybridized carbons (Fsp3) is 0.588. The molecule has 0 radical (unpaired) electrons. The summed E-state index contributed by atoms with van der Waals surface area (Å²) >= 11 is 0. The lowest BCUT2D eigenvalue weighted by atomic mass is 10.00. The number of carbonyl (C=O) groups excluding carboxylic acids is 1. The van der Waals surface area contributed by atoms with Gasteiger partial charge in [-0.3, -0.25) is 4.79 Å². The van der Waals surface area contributed by atoms with Crippen LogP contribution in [-0.4, -0.2) is 37.0 Å². The van der Waals surface area contributed by atoms with E-state index in [0.717, 1.165) is 12.0 Å². The van der Waals surface area contributed by atoms with Gasteiger partial charge < -0.3 is 10.2 Å². The van der Waals surface area contributed by atoms with E-state index < -0.39 is 0 Å². The average Bonchev–Trinajstić information content (AvgIpc) is 2.36. The standard InChI is InChI=1S/C17H27FN2O/c1-12(2)9-16(17(21)20(4)5)19-13(3)10-14-7-6-8-15(18)11-14/h6-8,11-13,16,19H,9-10H2,1-5H3. The monoisotopic (exact) mass is 294 g/mol. The molecule has 1 amide bonds. The Hall–Kier alpha value is -1.42. The quantitative estimate of drug-likeness (QED) is 0.838. The lowest BCUT2D eigenvalue weighted by Crippen LogP contribution is -2.48. The minimum atomic E-state index is -0.220. The summed E-state index contributed by atoms with van der Waals surface area (Å²) in [6, 6.07) is 6.53. The third-order valence-corrected chi connectivity index (χ3v) is 3.36. The Bertz CT molecular complexity index is 460. The summed E-state index contributed by atoms with van der Waals surface area (Å²) in [5.74, 6) is 0.311. The Morgan fingerprint density at radius 3 is 2.48 bits per heavy atom. The van der Waals surface area contributed by atoms with E-state index >= 15 is 0 Å². The van der Waals surface area contributed by atoms with Crippen molar-refractivity contribution < 1.29 is 9.18 Å². The van der Waals surface area contributed by atoms with Crippen LogP contribution in [-0.2, 0) is 11.2 Å². The Morgan fingerprint density at radius 1 is 1.29 bits per heavy atom. The maximum absolute atomic E-state index is 13.2. The highest BCUT2D eigenvalue weighted by molar-refractivity contribution is 5.81. The molecule has 2 atom stereocenters. The van der Waals surface area contributed by atoms with Crippen molar-refractivity contribution >= 4 is 5.91 Å². The predicted molar refractivity (Wildman–Crippen MR) is 84.6 cm³/mol. The van der Waals surface area contributed by atoms with Crippen molar-refractivity contribution in [1.29, 1.82) is 0 Å². The van der Waals surface area contributed by atoms with E-state index in [1.54, 1.807) is 31.1 Å². The molecular formula is C17H27FN2O. The molecular weight excluding hydrogens is 267 g/mol. The number of hydrogen-bond acceptors (Lipinski definition) is 2. The third kappa shape index (κ3) is 6.25. The van der Waals surface area contributed by atoms with E-state index in [1.165, 1.54) is 6.07 Å². The van der Waals surface area contributed by atoms with Gasteiger partial charge in [0.1, 0.15) is 5.82 Å². The molecule has 0 bridgehead atoms. The molecule has 4 heteroatoms. The summed E-state index contributed by atoms with van der Waals surface area (Å²) in [5.41, 5.74) is 0.940. The average molecular weight is 294 g/mol. The maximum Gasteiger partial charge on any atom is 0.239 e. The van der Waals surface area contributed by atoms with Gasteiger partial charge in [-0.25, -0.2) is 4.39 Å². The molecule has 0 aromatic heterocycles. The number of amides is 1. The van der Waals surface area contributed by atoms with E-state index in [1.807, 2.05) is 13.0 Å². The molecule has 0 aliphatic carbocycles. The highest BCUT2D eigenvalue weighted by Gasteiger charge is 2.22. The number of halogens is 1. The molecule has 21 heavy (non-hydrogen) atoms. The highest BCUT2D eigenvalue weighted by Crippen LogP contribution is 2.11. The van der Waals surface area contributed by atoms with Crippen LogP contribution in [0.15, 0.2) is 24.3 Å². The maximum atomic E-state index is 13.2. The molecule has 3 nitrogen and oxygen atoms in total. The fourth-order valence-electron chi connectivity index (χ4n) is 2.44. The van der Waals surface area contributed by atoms with E-state index in [2.05, 4.69) is 19.2 Å². The van der Waals surface area contributed by atoms with Gasteiger partial charge in [0, 0.05) is 20.1 Å². The molecule has 1 rings (SSSR count). The number of hydrogen-bond donors (Lipinski definition) is 1. The van der Waals surface area contributed by atoms with Crippen LogP contribution >= 0.6 is 0 Å². The van der Waals surface area contributed by atoms with Crippen molar-refractivity contribution in [3.63, 3.8) is 0 Å². The second-order valence-corrected chi connectivity index (χ2v) is 6.32. The Morgan fingerprint density at radius 2 is 1.95 bits per heavy atom. The summed E-state index contributed by atoms with van der Waals surface area (Å²) in [6.45, 7) is 6.24. The van der Waals surface area contributed by atoms with Crippen LogP contribution in [0.2, 0.25) is 0 Å². The molecule has 2 unspecified atom stereocenters. The van der Waals surface area contributed by atoms with Gasteiger partial charge in [0.25, 0.3) is 0 Å². The summed E-state index contributed by atoms with van der Waals surface area (Å²) in [7, 11) is 3.54. The van der Waals surface area contributed by atoms with Crippen LogP contribution in [0.25, 0.3) is 0 Å². The first-order valence-electron chi connectivity index (χ1n) is 7.51. The van der Waals surface area contributed by atoms with Crippen LogP contribution < -0.4 is 5.32 Å². The van der Waals surface area contributed by atoms with Crippen LogP contribution in [0.3, 0.4) is 0 Å². The van der Waals surface area contributed by atoms with E-state index in [9.17, 15) is 9.18 Å². The molecule has 0 heterocycles. The van der Waals surface area contributed by atoms with Gasteiger partial charge in [0.05, 0.1) is 6.04 Å². The van der Waals surface area contributed by atoms with Crippen molar-refractivity contribution in [1.82, 2.24) is 10.2 Å². The smallest absolute Gasteiger partial charge is 0.239 e. The van der Waals surface area contributed by atoms with Gasteiger partial charge in [-0.1, -0.05) is 26.0 Å². The largest absolute Gasteiger partial charge is 0.347 e. The van der Waals surface area contributed by atoms with Crippen LogP contribution in [0, 0.1) is 11.7 Å². The second kappa shape index (κ2) is 8.13. The van der Waals surface area contributed by atoms with Gasteiger partial charge in [-0.15, -0.1) is 0 Å². The normalized spacial score (nSPS) is 14.0. The third-order valence-electron chi connectivity index (χ3n) is 3.36. The molecule has 0 saturated heterocycles. The summed E-state index contributed by atoms with van der Waals surface area (Å²) in [5, 5.41) is 3.38. The molecule has 1 aromatic rings. The fourth-order valence-corrected chi connectivity index (χ4v) is 2.44. The summed E-state index contributed by atoms with van der Waals surface area (Å²) in [6.07, 6.45) is 1.50. The Balaban J connectivity index is 2.67. The molecule has 0 saturated carbocycles. The zero-order valence-corrected chi connectivity index (χ0v) is 13.7. The SMILES string of the molecule is CC(C)CC(NC(C)Cc1cccc(F)c1)C(=O)N(C)C. The topological polar surface area (TPSA) is 32.3 Å². The van der Waals surface area contributed by atoms with Crippen molar-refractivity contribution in [3.05, 3.63) is 35.6 Å². The van der Waals surface area contributed by atoms with Gasteiger partial charge in [0.15, 0.2) is 0 Å². The first-order valence-corrected chi connectivity index (χ1v) is 7.51. The molecule has 0 aliphatic heterocycles. The van der Waals surface area contributed by atoms with Crippen molar-refractivity contribution in [2.45, 2.75) is 45.7 Å². The minimum absolute atomic E-state index is 0.0924. The number of nitrogens with zero attached hydrogens (tertiary/aromatic N) is 1. The Labute approximate surface area is 127 Å². The zero-order chi connectivity index (χ0) is 16.0. The van der Waals surface area contributed by atoms with Gasteiger partial charge in [0.2, 0.25) is 5.91 Å². The van der Waals surface area contributed by atoms with Crippen molar-refractivity contribution in [2.24, 2.45) is 5.92 Å². The van der Waals surface area contributed by atoms with Crippen LogP contribution in [0.4, 0.5) is 4.39 Å². The molecule has 1 N–H and O–H groups in total. The first-order chi connectivity index (χ1) is 9.79. The zero-order valence-electron chi connectivity index (χ0n) is 13.7. The molecule has 0 spiro atoms. The highest BCUT2D eigenvalue weighted by atomic mass is 19.1. The number of benzene rings is 1. The van der Waals surface area contributed by atoms with E-state index in [0.29, 0.717) is 12.3 Å². The Kier molecular flexibility index (Phi) is 6.82. The summed E-state index contributed by atoms with van der Waals surface area (Å²) in [4.78, 5) is 13.8. The lowest BCUT2D eigenvalue weighted by Gasteiger charge is -2.26. The minimum Gasteiger partial charge on any atom is -0.347 e. The van der Waals surface area contributed by atoms with Gasteiger partial charge in [-0.2, -0.15) is 0 Å². The van der Waals surface area contributed by atoms with Gasteiger partial charge >= 0.3 is 0 Å². The molecule has 0 fully saturated rings. The van der Waals surface area contributed by atoms with Crippen LogP contribution in [0.1, 0.15) is 32.8 Å². The van der Waals surface area contributed by atoms with Crippen LogP contribution in [0.5, 0.6) is 0 Å². The summed E-state index contributed by atoms with van der Waals surface area (Å²) < 4.78 is 13.2. The van der Waals surface area contributed by atoms with Gasteiger partial charge in [-0.05, 0) is 43.4 Å². The first kappa shape index (κ1) is 17.6. The predicted octanol–water partition coefficient (Wildman–Crippen LogP) is 2.85. The molecule has 0 aliphatic rings. The molecule has 1 aromatic carbocycles. The number of rotatable bonds is 7. The number of nitrogens with one attached hydrogen (secondary N) is 1. The number of carbonyl (C=O) groups is 1. The lowest BCUT2D eigenvalue weighted by molar-refractivity contribution is -0.131. The molecule has 118 valence electrons. The van der Waals surface area contributed by atoms with Crippen molar-refractivity contribution in [3.8, 4) is 0 Å². The number of likely N-dealkylation sites (N-methyl/N-ethyl adjacent to an activating group) is 1.